The normalized spacial score (nSPS) is 10.1. The number of carbonyl (C=O) groups excluding carboxylic acids is 1. The molecule has 0 saturated heterocycles. The van der Waals surface area contributed by atoms with Gasteiger partial charge in [0, 0.05) is 5.56 Å². The standard InChI is InChI=1S/C10H9N3O2S/c1-6-2-3-7(4-8(6)14)9(15)12-10-13-11-5-16-10/h2-5,14H,1H3,(H,12,13,15). The Bertz CT molecular complexity index is 511. The van der Waals surface area contributed by atoms with Crippen LogP contribution in [0.5, 0.6) is 5.75 Å². The maximum absolute atomic E-state index is 11.7. The van der Waals surface area contributed by atoms with E-state index in [-0.39, 0.29) is 11.7 Å². The number of nitrogens with zero attached hydrogens (tertiary/aromatic N) is 2. The van der Waals surface area contributed by atoms with Gasteiger partial charge < -0.3 is 5.11 Å². The Kier molecular flexibility index (Phi) is 2.82. The number of hydrogen-bond donors (Lipinski definition) is 2. The van der Waals surface area contributed by atoms with Gasteiger partial charge in [0.1, 0.15) is 11.3 Å². The summed E-state index contributed by atoms with van der Waals surface area (Å²) >= 11 is 1.24. The highest BCUT2D eigenvalue weighted by Gasteiger charge is 2.09. The summed E-state index contributed by atoms with van der Waals surface area (Å²) < 4.78 is 0. The molecule has 0 saturated carbocycles. The number of carbonyl (C=O) groups is 1. The van der Waals surface area contributed by atoms with Crippen LogP contribution in [0.4, 0.5) is 5.13 Å². The number of phenolic OH excluding ortho intramolecular Hbond substituents is 1. The second kappa shape index (κ2) is 4.28. The predicted octanol–water partition coefficient (Wildman–Crippen LogP) is 1.80. The van der Waals surface area contributed by atoms with Gasteiger partial charge >= 0.3 is 0 Å². The summed E-state index contributed by atoms with van der Waals surface area (Å²) in [6.07, 6.45) is 0. The second-order valence-corrected chi connectivity index (χ2v) is 4.03. The first kappa shape index (κ1) is 10.6. The molecule has 1 amide bonds. The zero-order chi connectivity index (χ0) is 11.5. The SMILES string of the molecule is Cc1ccc(C(=O)Nc2nncs2)cc1O. The minimum Gasteiger partial charge on any atom is -0.508 e. The van der Waals surface area contributed by atoms with E-state index in [0.717, 1.165) is 5.56 Å². The smallest absolute Gasteiger partial charge is 0.257 e. The Balaban J connectivity index is 2.18. The number of aromatic hydroxyl groups is 1. The molecule has 1 aromatic carbocycles. The van der Waals surface area contributed by atoms with Crippen LogP contribution in [0.15, 0.2) is 23.7 Å². The van der Waals surface area contributed by atoms with Gasteiger partial charge in [0.15, 0.2) is 0 Å². The van der Waals surface area contributed by atoms with Gasteiger partial charge in [-0.15, -0.1) is 10.2 Å². The van der Waals surface area contributed by atoms with E-state index in [1.54, 1.807) is 19.1 Å². The average molecular weight is 235 g/mol. The monoisotopic (exact) mass is 235 g/mol. The summed E-state index contributed by atoms with van der Waals surface area (Å²) in [6.45, 7) is 1.77. The number of nitrogens with one attached hydrogen (secondary N) is 1. The highest BCUT2D eigenvalue weighted by atomic mass is 32.1. The molecule has 0 bridgehead atoms. The van der Waals surface area contributed by atoms with E-state index in [2.05, 4.69) is 15.5 Å². The topological polar surface area (TPSA) is 75.1 Å². The van der Waals surface area contributed by atoms with Crippen molar-refractivity contribution in [2.45, 2.75) is 6.92 Å². The Labute approximate surface area is 95.8 Å². The van der Waals surface area contributed by atoms with E-state index >= 15 is 0 Å². The van der Waals surface area contributed by atoms with Crippen molar-refractivity contribution in [3.8, 4) is 5.75 Å². The summed E-state index contributed by atoms with van der Waals surface area (Å²) in [4.78, 5) is 11.7. The van der Waals surface area contributed by atoms with E-state index in [1.807, 2.05) is 0 Å². The first-order valence-corrected chi connectivity index (χ1v) is 5.42. The van der Waals surface area contributed by atoms with Gasteiger partial charge in [-0.1, -0.05) is 17.4 Å². The predicted molar refractivity (Wildman–Crippen MR) is 60.7 cm³/mol. The van der Waals surface area contributed by atoms with Gasteiger partial charge in [-0.25, -0.2) is 0 Å². The highest BCUT2D eigenvalue weighted by molar-refractivity contribution is 7.13. The molecule has 0 aliphatic heterocycles. The molecule has 0 fully saturated rings. The van der Waals surface area contributed by atoms with Gasteiger partial charge in [0.2, 0.25) is 5.13 Å². The van der Waals surface area contributed by atoms with Crippen molar-refractivity contribution < 1.29 is 9.90 Å². The third-order valence-electron chi connectivity index (χ3n) is 2.05. The maximum atomic E-state index is 11.7. The largest absolute Gasteiger partial charge is 0.508 e. The molecule has 1 heterocycles. The van der Waals surface area contributed by atoms with Crippen molar-refractivity contribution in [2.24, 2.45) is 0 Å². The third kappa shape index (κ3) is 2.17. The minimum atomic E-state index is -0.313. The Morgan fingerprint density at radius 1 is 1.50 bits per heavy atom. The molecule has 6 heteroatoms. The first-order valence-electron chi connectivity index (χ1n) is 4.54. The number of aromatic nitrogens is 2. The summed E-state index contributed by atoms with van der Waals surface area (Å²) in [5.74, 6) is -0.211. The van der Waals surface area contributed by atoms with Crippen LogP contribution in [0.2, 0.25) is 0 Å². The van der Waals surface area contributed by atoms with Gasteiger partial charge in [-0.3, -0.25) is 10.1 Å². The van der Waals surface area contributed by atoms with Crippen LogP contribution >= 0.6 is 11.3 Å². The van der Waals surface area contributed by atoms with Crippen molar-refractivity contribution in [2.75, 3.05) is 5.32 Å². The van der Waals surface area contributed by atoms with E-state index < -0.39 is 0 Å². The van der Waals surface area contributed by atoms with Crippen LogP contribution in [-0.2, 0) is 0 Å². The minimum absolute atomic E-state index is 0.102. The second-order valence-electron chi connectivity index (χ2n) is 3.20. The fourth-order valence-corrected chi connectivity index (χ4v) is 1.59. The average Bonchev–Trinajstić information content (AvgIpc) is 2.74. The number of anilines is 1. The van der Waals surface area contributed by atoms with Crippen LogP contribution in [0.1, 0.15) is 15.9 Å². The van der Waals surface area contributed by atoms with Crippen molar-refractivity contribution in [3.05, 3.63) is 34.8 Å². The molecule has 1 aromatic heterocycles. The highest BCUT2D eigenvalue weighted by Crippen LogP contribution is 2.18. The Morgan fingerprint density at radius 2 is 2.31 bits per heavy atom. The molecule has 2 aromatic rings. The van der Waals surface area contributed by atoms with Crippen molar-refractivity contribution >= 4 is 22.4 Å². The molecule has 82 valence electrons. The lowest BCUT2D eigenvalue weighted by molar-refractivity contribution is 0.102. The third-order valence-corrected chi connectivity index (χ3v) is 2.66. The molecule has 0 unspecified atom stereocenters. The van der Waals surface area contributed by atoms with Crippen molar-refractivity contribution in [1.82, 2.24) is 10.2 Å². The molecule has 2 rings (SSSR count). The lowest BCUT2D eigenvalue weighted by Crippen LogP contribution is -2.11. The zero-order valence-electron chi connectivity index (χ0n) is 8.47. The van der Waals surface area contributed by atoms with Crippen LogP contribution in [0, 0.1) is 6.92 Å². The fraction of sp³-hybridized carbons (Fsp3) is 0.100. The zero-order valence-corrected chi connectivity index (χ0v) is 9.28. The number of benzene rings is 1. The lowest BCUT2D eigenvalue weighted by atomic mass is 10.1. The molecule has 16 heavy (non-hydrogen) atoms. The van der Waals surface area contributed by atoms with Crippen LogP contribution in [0.25, 0.3) is 0 Å². The molecule has 0 radical (unpaired) electrons. The summed E-state index contributed by atoms with van der Waals surface area (Å²) in [5.41, 5.74) is 2.65. The number of aryl methyl sites for hydroxylation is 1. The molecule has 0 spiro atoms. The van der Waals surface area contributed by atoms with Crippen molar-refractivity contribution in [1.29, 1.82) is 0 Å². The van der Waals surface area contributed by atoms with Crippen LogP contribution in [0.3, 0.4) is 0 Å². The van der Waals surface area contributed by atoms with E-state index in [0.29, 0.717) is 10.7 Å². The fourth-order valence-electron chi connectivity index (χ4n) is 1.15. The van der Waals surface area contributed by atoms with E-state index in [9.17, 15) is 9.90 Å². The van der Waals surface area contributed by atoms with Gasteiger partial charge in [-0.05, 0) is 24.6 Å². The quantitative estimate of drug-likeness (QED) is 0.832. The number of amides is 1. The van der Waals surface area contributed by atoms with E-state index in [4.69, 9.17) is 0 Å². The molecular formula is C10H9N3O2S. The number of rotatable bonds is 2. The van der Waals surface area contributed by atoms with Gasteiger partial charge in [0.25, 0.3) is 5.91 Å². The number of hydrogen-bond acceptors (Lipinski definition) is 5. The van der Waals surface area contributed by atoms with Crippen LogP contribution in [-0.4, -0.2) is 21.2 Å². The molecule has 0 aliphatic rings. The Morgan fingerprint density at radius 3 is 2.94 bits per heavy atom. The Hall–Kier alpha value is -1.95. The summed E-state index contributed by atoms with van der Waals surface area (Å²) in [7, 11) is 0. The summed E-state index contributed by atoms with van der Waals surface area (Å²) in [5, 5.41) is 19.8. The molecule has 0 aliphatic carbocycles. The lowest BCUT2D eigenvalue weighted by Gasteiger charge is -2.03. The summed E-state index contributed by atoms with van der Waals surface area (Å²) in [6, 6.07) is 4.75. The van der Waals surface area contributed by atoms with Crippen molar-refractivity contribution in [3.63, 3.8) is 0 Å². The molecule has 0 atom stereocenters. The molecule has 5 nitrogen and oxygen atoms in total. The molecule has 2 N–H and O–H groups in total. The van der Waals surface area contributed by atoms with E-state index in [1.165, 1.54) is 22.9 Å². The van der Waals surface area contributed by atoms with Crippen LogP contribution < -0.4 is 5.32 Å². The first-order chi connectivity index (χ1) is 7.66. The van der Waals surface area contributed by atoms with Gasteiger partial charge in [-0.2, -0.15) is 0 Å². The van der Waals surface area contributed by atoms with Gasteiger partial charge in [0.05, 0.1) is 0 Å². The molecular weight excluding hydrogens is 226 g/mol. The maximum Gasteiger partial charge on any atom is 0.257 e. The number of phenols is 1.